The summed E-state index contributed by atoms with van der Waals surface area (Å²) in [5.41, 5.74) is 5.63. The Morgan fingerprint density at radius 3 is 1.17 bits per heavy atom. The molecule has 0 bridgehead atoms. The second-order valence-electron chi connectivity index (χ2n) is 11.2. The van der Waals surface area contributed by atoms with Crippen LogP contribution < -0.4 is 5.73 Å². The van der Waals surface area contributed by atoms with E-state index in [0.717, 1.165) is 38.5 Å². The Hall–Kier alpha value is -0.490. The molecular weight excluding hydrogens is 450 g/mol. The number of carbonyl (C=O) groups is 1. The third-order valence-electron chi connectivity index (χ3n) is 7.62. The fourth-order valence-corrected chi connectivity index (χ4v) is 5.15. The van der Waals surface area contributed by atoms with Gasteiger partial charge in [-0.05, 0) is 12.8 Å². The summed E-state index contributed by atoms with van der Waals surface area (Å²) < 4.78 is 0. The maximum atomic E-state index is 12.7. The van der Waals surface area contributed by atoms with Crippen molar-refractivity contribution in [2.24, 2.45) is 11.7 Å². The van der Waals surface area contributed by atoms with Crippen LogP contribution >= 0.6 is 0 Å². The van der Waals surface area contributed by atoms with Gasteiger partial charge in [0, 0.05) is 0 Å². The summed E-state index contributed by atoms with van der Waals surface area (Å²) in [5, 5.41) is 30.8. The third kappa shape index (κ3) is 20.6. The van der Waals surface area contributed by atoms with Crippen LogP contribution in [0.5, 0.6) is 0 Å². The van der Waals surface area contributed by atoms with Gasteiger partial charge in [-0.25, -0.2) is 0 Å². The van der Waals surface area contributed by atoms with Gasteiger partial charge in [-0.1, -0.05) is 155 Å². The number of aliphatic hydroxyl groups is 3. The lowest BCUT2D eigenvalue weighted by molar-refractivity contribution is -0.140. The molecule has 5 nitrogen and oxygen atoms in total. The standard InChI is InChI=1S/C31H63NO4/c1-3-5-7-9-11-13-14-15-16-18-19-21-23-25-27(33)29(31(32)36)30(35)28(34)26-24-22-20-17-12-10-8-6-4-2/h27-29,31,33-34,36H,3-26,32H2,1-2H3/t27-,28?,29-,31?/m1/s1. The lowest BCUT2D eigenvalue weighted by Gasteiger charge is -2.26. The molecule has 0 aliphatic rings. The molecule has 0 saturated carbocycles. The average Bonchev–Trinajstić information content (AvgIpc) is 2.85. The van der Waals surface area contributed by atoms with Crippen LogP contribution in [0.25, 0.3) is 0 Å². The number of hydrogen-bond acceptors (Lipinski definition) is 5. The van der Waals surface area contributed by atoms with Gasteiger partial charge in [0.15, 0.2) is 5.78 Å². The van der Waals surface area contributed by atoms with Gasteiger partial charge >= 0.3 is 0 Å². The molecule has 5 heteroatoms. The van der Waals surface area contributed by atoms with Crippen LogP contribution in [0.1, 0.15) is 168 Å². The molecule has 0 amide bonds. The van der Waals surface area contributed by atoms with Crippen LogP contribution in [0.3, 0.4) is 0 Å². The van der Waals surface area contributed by atoms with E-state index in [4.69, 9.17) is 5.73 Å². The summed E-state index contributed by atoms with van der Waals surface area (Å²) in [4.78, 5) is 12.7. The number of ketones is 1. The average molecular weight is 514 g/mol. The molecule has 4 atom stereocenters. The van der Waals surface area contributed by atoms with Crippen LogP contribution in [-0.4, -0.2) is 39.5 Å². The second kappa shape index (κ2) is 26.1. The first-order valence-corrected chi connectivity index (χ1v) is 15.8. The highest BCUT2D eigenvalue weighted by molar-refractivity contribution is 5.86. The van der Waals surface area contributed by atoms with Crippen molar-refractivity contribution in [1.29, 1.82) is 0 Å². The molecule has 0 spiro atoms. The van der Waals surface area contributed by atoms with Crippen LogP contribution in [-0.2, 0) is 4.79 Å². The molecule has 0 aromatic carbocycles. The van der Waals surface area contributed by atoms with Crippen molar-refractivity contribution >= 4 is 5.78 Å². The fourth-order valence-electron chi connectivity index (χ4n) is 5.15. The lowest BCUT2D eigenvalue weighted by atomic mass is 9.87. The summed E-state index contributed by atoms with van der Waals surface area (Å²) in [5.74, 6) is -1.61. The van der Waals surface area contributed by atoms with Gasteiger partial charge in [-0.3, -0.25) is 4.79 Å². The molecule has 0 aliphatic heterocycles. The summed E-state index contributed by atoms with van der Waals surface area (Å²) in [6.45, 7) is 4.48. The SMILES string of the molecule is CCCCCCCCCCCCCCC[C@@H](O)[C@H](C(=O)C(O)CCCCCCCCCCC)C(N)O. The van der Waals surface area contributed by atoms with E-state index in [1.54, 1.807) is 0 Å². The number of nitrogens with two attached hydrogens (primary N) is 1. The Morgan fingerprint density at radius 2 is 0.833 bits per heavy atom. The second-order valence-corrected chi connectivity index (χ2v) is 11.2. The molecule has 2 unspecified atom stereocenters. The van der Waals surface area contributed by atoms with Crippen LogP contribution in [0.15, 0.2) is 0 Å². The van der Waals surface area contributed by atoms with Crippen LogP contribution in [0.4, 0.5) is 0 Å². The maximum Gasteiger partial charge on any atom is 0.170 e. The summed E-state index contributed by atoms with van der Waals surface area (Å²) in [6, 6.07) is 0. The number of carbonyl (C=O) groups excluding carboxylic acids is 1. The molecule has 0 saturated heterocycles. The molecule has 0 heterocycles. The van der Waals surface area contributed by atoms with Crippen molar-refractivity contribution in [2.75, 3.05) is 0 Å². The van der Waals surface area contributed by atoms with Crippen molar-refractivity contribution in [1.82, 2.24) is 0 Å². The number of hydrogen-bond donors (Lipinski definition) is 4. The van der Waals surface area contributed by atoms with Gasteiger partial charge in [0.05, 0.1) is 12.0 Å². The highest BCUT2D eigenvalue weighted by Crippen LogP contribution is 2.20. The molecular formula is C31H63NO4. The molecule has 216 valence electrons. The van der Waals surface area contributed by atoms with Gasteiger partial charge in [-0.15, -0.1) is 0 Å². The summed E-state index contributed by atoms with van der Waals surface area (Å²) >= 11 is 0. The lowest BCUT2D eigenvalue weighted by Crippen LogP contribution is -2.47. The van der Waals surface area contributed by atoms with Crippen molar-refractivity contribution in [3.63, 3.8) is 0 Å². The van der Waals surface area contributed by atoms with Gasteiger partial charge in [0.2, 0.25) is 0 Å². The molecule has 0 aliphatic carbocycles. The maximum absolute atomic E-state index is 12.7. The van der Waals surface area contributed by atoms with Gasteiger partial charge in [0.1, 0.15) is 12.3 Å². The quantitative estimate of drug-likeness (QED) is 0.0638. The van der Waals surface area contributed by atoms with Gasteiger partial charge < -0.3 is 21.1 Å². The minimum absolute atomic E-state index is 0.378. The Balaban J connectivity index is 3.89. The molecule has 36 heavy (non-hydrogen) atoms. The summed E-state index contributed by atoms with van der Waals surface area (Å²) in [6.07, 6.45) is 24.0. The van der Waals surface area contributed by atoms with Gasteiger partial charge in [-0.2, -0.15) is 0 Å². The number of unbranched alkanes of at least 4 members (excludes halogenated alkanes) is 20. The van der Waals surface area contributed by atoms with E-state index >= 15 is 0 Å². The van der Waals surface area contributed by atoms with E-state index in [1.165, 1.54) is 103 Å². The molecule has 0 radical (unpaired) electrons. The van der Waals surface area contributed by atoms with Gasteiger partial charge in [0.25, 0.3) is 0 Å². The van der Waals surface area contributed by atoms with Crippen LogP contribution in [0, 0.1) is 5.92 Å². The molecule has 5 N–H and O–H groups in total. The minimum atomic E-state index is -1.44. The Labute approximate surface area is 224 Å². The number of rotatable bonds is 28. The first kappa shape index (κ1) is 35.5. The van der Waals surface area contributed by atoms with E-state index in [0.29, 0.717) is 12.8 Å². The van der Waals surface area contributed by atoms with E-state index in [9.17, 15) is 20.1 Å². The highest BCUT2D eigenvalue weighted by Gasteiger charge is 2.34. The van der Waals surface area contributed by atoms with E-state index in [-0.39, 0.29) is 0 Å². The van der Waals surface area contributed by atoms with Crippen molar-refractivity contribution in [3.8, 4) is 0 Å². The Kier molecular flexibility index (Phi) is 25.8. The predicted octanol–water partition coefficient (Wildman–Crippen LogP) is 7.57. The largest absolute Gasteiger partial charge is 0.392 e. The van der Waals surface area contributed by atoms with E-state index < -0.39 is 30.1 Å². The first-order chi connectivity index (χ1) is 17.5. The Bertz CT molecular complexity index is 471. The highest BCUT2D eigenvalue weighted by atomic mass is 16.3. The first-order valence-electron chi connectivity index (χ1n) is 15.8. The zero-order valence-corrected chi connectivity index (χ0v) is 24.1. The molecule has 0 aromatic heterocycles. The molecule has 0 rings (SSSR count). The van der Waals surface area contributed by atoms with E-state index in [1.807, 2.05) is 0 Å². The Morgan fingerprint density at radius 1 is 0.528 bits per heavy atom. The monoisotopic (exact) mass is 513 g/mol. The zero-order chi connectivity index (χ0) is 26.9. The van der Waals surface area contributed by atoms with Crippen LogP contribution in [0.2, 0.25) is 0 Å². The predicted molar refractivity (Wildman–Crippen MR) is 153 cm³/mol. The van der Waals surface area contributed by atoms with E-state index in [2.05, 4.69) is 13.8 Å². The fraction of sp³-hybridized carbons (Fsp3) is 0.968. The minimum Gasteiger partial charge on any atom is -0.392 e. The summed E-state index contributed by atoms with van der Waals surface area (Å²) in [7, 11) is 0. The smallest absolute Gasteiger partial charge is 0.170 e. The zero-order valence-electron chi connectivity index (χ0n) is 24.1. The number of aliphatic hydroxyl groups excluding tert-OH is 3. The topological polar surface area (TPSA) is 104 Å². The van der Waals surface area contributed by atoms with Crippen molar-refractivity contribution in [3.05, 3.63) is 0 Å². The van der Waals surface area contributed by atoms with Crippen molar-refractivity contribution in [2.45, 2.75) is 186 Å². The molecule has 0 aromatic rings. The van der Waals surface area contributed by atoms with Crippen molar-refractivity contribution < 1.29 is 20.1 Å². The number of Topliss-reactive ketones (excluding diaryl/α,β-unsaturated/α-hetero) is 1. The molecule has 0 fully saturated rings. The third-order valence-corrected chi connectivity index (χ3v) is 7.62. The normalized spacial score (nSPS) is 15.1.